The van der Waals surface area contributed by atoms with Gasteiger partial charge in [-0.05, 0) is 59.7 Å². The van der Waals surface area contributed by atoms with Crippen molar-refractivity contribution in [3.63, 3.8) is 0 Å². The summed E-state index contributed by atoms with van der Waals surface area (Å²) in [7, 11) is 0. The molecule has 3 aromatic rings. The summed E-state index contributed by atoms with van der Waals surface area (Å²) in [5, 5.41) is 11.5. The van der Waals surface area contributed by atoms with Gasteiger partial charge in [-0.25, -0.2) is 18.0 Å². The van der Waals surface area contributed by atoms with Crippen LogP contribution in [0.2, 0.25) is 0 Å². The number of halogens is 3. The van der Waals surface area contributed by atoms with Gasteiger partial charge in [0.05, 0.1) is 23.7 Å². The van der Waals surface area contributed by atoms with E-state index in [-0.39, 0.29) is 27.9 Å². The molecule has 2 heterocycles. The quantitative estimate of drug-likeness (QED) is 0.204. The van der Waals surface area contributed by atoms with Crippen molar-refractivity contribution in [2.24, 2.45) is 0 Å². The number of carbonyl (C=O) groups is 3. The standard InChI is InChI=1S/C32H28F3N3O6S2/c33-22-14-20(15-23(34)17-22)19-1-4-27(44-12-9-37-7-10-43-11-8-37)21(13-19)16-28-30(40)38(32(45)46-28)6-5-29(39)36-24-2-3-25(31(41)42)26(35)18-24/h1-4,13-18H,5-12H2,(H,36,39)(H,41,42). The maximum Gasteiger partial charge on any atom is 0.338 e. The Balaban J connectivity index is 1.31. The van der Waals surface area contributed by atoms with Gasteiger partial charge in [-0.2, -0.15) is 0 Å². The molecule has 14 heteroatoms. The van der Waals surface area contributed by atoms with E-state index in [0.29, 0.717) is 48.8 Å². The second-order valence-corrected chi connectivity index (χ2v) is 12.0. The van der Waals surface area contributed by atoms with E-state index < -0.39 is 40.8 Å². The third-order valence-corrected chi connectivity index (χ3v) is 8.56. The van der Waals surface area contributed by atoms with Crippen LogP contribution in [-0.4, -0.2) is 83.0 Å². The van der Waals surface area contributed by atoms with Crippen LogP contribution in [0, 0.1) is 17.5 Å². The molecular weight excluding hydrogens is 643 g/mol. The molecule has 2 amide bonds. The van der Waals surface area contributed by atoms with Crippen molar-refractivity contribution in [1.82, 2.24) is 9.80 Å². The molecule has 2 aliphatic heterocycles. The molecule has 240 valence electrons. The number of carbonyl (C=O) groups excluding carboxylic acids is 2. The van der Waals surface area contributed by atoms with E-state index in [4.69, 9.17) is 26.8 Å². The maximum absolute atomic E-state index is 14.0. The first-order valence-electron chi connectivity index (χ1n) is 14.2. The first-order chi connectivity index (χ1) is 22.1. The maximum atomic E-state index is 14.0. The molecule has 2 aliphatic rings. The summed E-state index contributed by atoms with van der Waals surface area (Å²) in [6.45, 7) is 3.81. The van der Waals surface area contributed by atoms with Crippen LogP contribution in [0.1, 0.15) is 22.3 Å². The molecule has 5 rings (SSSR count). The van der Waals surface area contributed by atoms with Crippen LogP contribution in [0.3, 0.4) is 0 Å². The number of ether oxygens (including phenoxy) is 2. The average Bonchev–Trinajstić information content (AvgIpc) is 3.27. The number of thiocarbonyl (C=S) groups is 1. The predicted molar refractivity (Wildman–Crippen MR) is 171 cm³/mol. The largest absolute Gasteiger partial charge is 0.492 e. The lowest BCUT2D eigenvalue weighted by Crippen LogP contribution is -2.38. The van der Waals surface area contributed by atoms with E-state index in [1.54, 1.807) is 24.3 Å². The van der Waals surface area contributed by atoms with Crippen LogP contribution >= 0.6 is 24.0 Å². The summed E-state index contributed by atoms with van der Waals surface area (Å²) < 4.78 is 53.7. The summed E-state index contributed by atoms with van der Waals surface area (Å²) in [4.78, 5) is 40.6. The SMILES string of the molecule is O=C(CCN1C(=O)C(=Cc2cc(-c3cc(F)cc(F)c3)ccc2OCCN2CCOCC2)SC1=S)Nc1ccc(C(=O)O)c(F)c1. The highest BCUT2D eigenvalue weighted by Crippen LogP contribution is 2.36. The first kappa shape index (κ1) is 33.1. The van der Waals surface area contributed by atoms with Crippen molar-refractivity contribution in [2.75, 3.05) is 51.3 Å². The fourth-order valence-corrected chi connectivity index (χ4v) is 6.14. The van der Waals surface area contributed by atoms with E-state index in [0.717, 1.165) is 43.1 Å². The second-order valence-electron chi connectivity index (χ2n) is 10.3. The summed E-state index contributed by atoms with van der Waals surface area (Å²) >= 11 is 6.45. The Morgan fingerprint density at radius 2 is 1.74 bits per heavy atom. The van der Waals surface area contributed by atoms with Gasteiger partial charge in [0, 0.05) is 49.9 Å². The number of rotatable bonds is 11. The van der Waals surface area contributed by atoms with Crippen LogP contribution in [-0.2, 0) is 14.3 Å². The molecule has 2 N–H and O–H groups in total. The van der Waals surface area contributed by atoms with Gasteiger partial charge in [-0.3, -0.25) is 19.4 Å². The molecule has 0 unspecified atom stereocenters. The van der Waals surface area contributed by atoms with Crippen molar-refractivity contribution in [3.8, 4) is 16.9 Å². The highest BCUT2D eigenvalue weighted by molar-refractivity contribution is 8.26. The normalized spacial score (nSPS) is 16.2. The molecule has 0 bridgehead atoms. The minimum Gasteiger partial charge on any atom is -0.492 e. The van der Waals surface area contributed by atoms with Crippen LogP contribution in [0.25, 0.3) is 17.2 Å². The number of amides is 2. The smallest absolute Gasteiger partial charge is 0.338 e. The molecule has 0 aliphatic carbocycles. The van der Waals surface area contributed by atoms with Gasteiger partial charge in [0.15, 0.2) is 0 Å². The van der Waals surface area contributed by atoms with E-state index in [1.165, 1.54) is 23.1 Å². The lowest BCUT2D eigenvalue weighted by molar-refractivity contribution is -0.122. The van der Waals surface area contributed by atoms with Gasteiger partial charge < -0.3 is 19.9 Å². The molecule has 0 saturated carbocycles. The number of thioether (sulfide) groups is 1. The fraction of sp³-hybridized carbons (Fsp3) is 0.250. The molecule has 9 nitrogen and oxygen atoms in total. The third kappa shape index (κ3) is 8.31. The van der Waals surface area contributed by atoms with Crippen molar-refractivity contribution in [1.29, 1.82) is 0 Å². The zero-order chi connectivity index (χ0) is 32.8. The molecule has 0 spiro atoms. The van der Waals surface area contributed by atoms with Gasteiger partial charge in [-0.15, -0.1) is 0 Å². The number of hydrogen-bond acceptors (Lipinski definition) is 8. The first-order valence-corrected chi connectivity index (χ1v) is 15.4. The molecular formula is C32H28F3N3O6S2. The predicted octanol–water partition coefficient (Wildman–Crippen LogP) is 5.41. The molecule has 0 aromatic heterocycles. The van der Waals surface area contributed by atoms with Crippen molar-refractivity contribution < 1.29 is 42.1 Å². The Hall–Kier alpha value is -4.24. The molecule has 0 atom stereocenters. The Bertz CT molecular complexity index is 1690. The highest BCUT2D eigenvalue weighted by Gasteiger charge is 2.32. The monoisotopic (exact) mass is 671 g/mol. The average molecular weight is 672 g/mol. The van der Waals surface area contributed by atoms with E-state index in [1.807, 2.05) is 0 Å². The number of aromatic carboxylic acids is 1. The summed E-state index contributed by atoms with van der Waals surface area (Å²) in [5.74, 6) is -4.40. The number of carboxylic acid groups (broad SMARTS) is 1. The number of morpholine rings is 1. The minimum absolute atomic E-state index is 0.0605. The second kappa shape index (κ2) is 14.9. The van der Waals surface area contributed by atoms with Gasteiger partial charge in [0.2, 0.25) is 5.91 Å². The molecule has 2 saturated heterocycles. The Kier molecular flexibility index (Phi) is 10.7. The molecule has 3 aromatic carbocycles. The number of anilines is 1. The van der Waals surface area contributed by atoms with E-state index in [9.17, 15) is 27.6 Å². The lowest BCUT2D eigenvalue weighted by Gasteiger charge is -2.26. The van der Waals surface area contributed by atoms with Gasteiger partial charge in [0.1, 0.15) is 34.1 Å². The topological polar surface area (TPSA) is 108 Å². The van der Waals surface area contributed by atoms with Gasteiger partial charge >= 0.3 is 5.97 Å². The highest BCUT2D eigenvalue weighted by atomic mass is 32.2. The minimum atomic E-state index is -1.43. The number of benzene rings is 3. The van der Waals surface area contributed by atoms with E-state index in [2.05, 4.69) is 10.2 Å². The van der Waals surface area contributed by atoms with Crippen LogP contribution < -0.4 is 10.1 Å². The zero-order valence-corrected chi connectivity index (χ0v) is 25.9. The third-order valence-electron chi connectivity index (χ3n) is 7.18. The van der Waals surface area contributed by atoms with E-state index >= 15 is 0 Å². The summed E-state index contributed by atoms with van der Waals surface area (Å²) in [6, 6.07) is 11.4. The fourth-order valence-electron chi connectivity index (χ4n) is 4.84. The van der Waals surface area contributed by atoms with Crippen molar-refractivity contribution >= 4 is 57.8 Å². The summed E-state index contributed by atoms with van der Waals surface area (Å²) in [5.41, 5.74) is 0.848. The number of carboxylic acids is 1. The number of nitrogens with zero attached hydrogens (tertiary/aromatic N) is 2. The zero-order valence-electron chi connectivity index (χ0n) is 24.3. The van der Waals surface area contributed by atoms with Crippen molar-refractivity contribution in [3.05, 3.63) is 88.1 Å². The summed E-state index contributed by atoms with van der Waals surface area (Å²) in [6.07, 6.45) is 1.42. The molecule has 2 fully saturated rings. The van der Waals surface area contributed by atoms with Gasteiger partial charge in [0.25, 0.3) is 5.91 Å². The van der Waals surface area contributed by atoms with Crippen LogP contribution in [0.15, 0.2) is 59.5 Å². The molecule has 46 heavy (non-hydrogen) atoms. The molecule has 0 radical (unpaired) electrons. The Morgan fingerprint density at radius 1 is 1.00 bits per heavy atom. The Labute approximate surface area is 272 Å². The van der Waals surface area contributed by atoms with Gasteiger partial charge in [-0.1, -0.05) is 30.0 Å². The lowest BCUT2D eigenvalue weighted by atomic mass is 10.0. The van der Waals surface area contributed by atoms with Crippen molar-refractivity contribution in [2.45, 2.75) is 6.42 Å². The number of hydrogen-bond donors (Lipinski definition) is 2. The van der Waals surface area contributed by atoms with Crippen LogP contribution in [0.4, 0.5) is 18.9 Å². The number of nitrogens with one attached hydrogen (secondary N) is 1. The Morgan fingerprint density at radius 3 is 2.43 bits per heavy atom. The van der Waals surface area contributed by atoms with Crippen LogP contribution in [0.5, 0.6) is 5.75 Å².